The second-order valence-electron chi connectivity index (χ2n) is 3.40. The van der Waals surface area contributed by atoms with Gasteiger partial charge in [0.1, 0.15) is 11.7 Å². The summed E-state index contributed by atoms with van der Waals surface area (Å²) in [6, 6.07) is 0.124. The maximum Gasteiger partial charge on any atom is 0.333 e. The lowest BCUT2D eigenvalue weighted by molar-refractivity contribution is -0.144. The normalized spacial score (nSPS) is 12.3. The van der Waals surface area contributed by atoms with E-state index in [2.05, 4.69) is 23.0 Å². The zero-order valence-electron chi connectivity index (χ0n) is 10.0. The van der Waals surface area contributed by atoms with E-state index in [1.54, 1.807) is 6.92 Å². The van der Waals surface area contributed by atoms with Gasteiger partial charge in [-0.2, -0.15) is 31.2 Å². The highest BCUT2D eigenvalue weighted by molar-refractivity contribution is 7.80. The minimum absolute atomic E-state index is 0.00656. The predicted octanol–water partition coefficient (Wildman–Crippen LogP) is 0.869. The number of carbonyl (C=O) groups is 2. The average Bonchev–Trinajstić information content (AvgIpc) is 2.85. The summed E-state index contributed by atoms with van der Waals surface area (Å²) in [6.45, 7) is -1.18. The number of thiol groups is 1. The molecule has 1 N–H and O–H groups in total. The smallest absolute Gasteiger partial charge is 0.333 e. The molecule has 0 fully saturated rings. The molecule has 0 aliphatic carbocycles. The molecular weight excluding hydrogens is 280 g/mol. The van der Waals surface area contributed by atoms with Gasteiger partial charge in [-0.1, -0.05) is 0 Å². The van der Waals surface area contributed by atoms with Crippen LogP contribution in [0.25, 0.3) is 0 Å². The summed E-state index contributed by atoms with van der Waals surface area (Å²) in [7, 11) is 0. The second-order valence-corrected chi connectivity index (χ2v) is 3.76. The van der Waals surface area contributed by atoms with Crippen molar-refractivity contribution >= 4 is 24.5 Å². The lowest BCUT2D eigenvalue weighted by atomic mass is 10.3. The molecule has 0 saturated carbocycles. The molecule has 1 aromatic rings. The van der Waals surface area contributed by atoms with Crippen LogP contribution < -0.4 is 5.32 Å². The summed E-state index contributed by atoms with van der Waals surface area (Å²) in [5.74, 6) is -1.52. The number of hydrogen-bond acceptors (Lipinski definition) is 5. The Morgan fingerprint density at radius 3 is 2.79 bits per heavy atom. The SMILES string of the molecule is CCOC(=O)[C@H](CS)NC(=O)c1ccnn1C(F)F. The number of halogens is 2. The number of nitrogens with zero attached hydrogens (tertiary/aromatic N) is 2. The average molecular weight is 293 g/mol. The molecule has 0 aliphatic rings. The Bertz CT molecular complexity index is 453. The zero-order valence-corrected chi connectivity index (χ0v) is 10.9. The lowest BCUT2D eigenvalue weighted by Crippen LogP contribution is -2.43. The molecule has 0 aliphatic heterocycles. The number of rotatable bonds is 6. The Morgan fingerprint density at radius 2 is 2.26 bits per heavy atom. The molecule has 0 spiro atoms. The fourth-order valence-electron chi connectivity index (χ4n) is 1.30. The molecule has 0 radical (unpaired) electrons. The number of nitrogens with one attached hydrogen (secondary N) is 1. The first-order chi connectivity index (χ1) is 9.01. The van der Waals surface area contributed by atoms with E-state index < -0.39 is 24.5 Å². The Labute approximate surface area is 113 Å². The number of ether oxygens (including phenoxy) is 1. The van der Waals surface area contributed by atoms with Gasteiger partial charge in [0.05, 0.1) is 6.61 Å². The summed E-state index contributed by atoms with van der Waals surface area (Å²) in [5, 5.41) is 5.59. The summed E-state index contributed by atoms with van der Waals surface area (Å²) in [5.41, 5.74) is -0.342. The van der Waals surface area contributed by atoms with Gasteiger partial charge in [0, 0.05) is 11.9 Å². The number of esters is 1. The number of carbonyl (C=O) groups excluding carboxylic acids is 2. The van der Waals surface area contributed by atoms with E-state index in [1.165, 1.54) is 0 Å². The molecular formula is C10H13F2N3O3S. The van der Waals surface area contributed by atoms with Crippen molar-refractivity contribution in [1.82, 2.24) is 15.1 Å². The fourth-order valence-corrected chi connectivity index (χ4v) is 1.54. The van der Waals surface area contributed by atoms with E-state index in [-0.39, 0.29) is 22.7 Å². The highest BCUT2D eigenvalue weighted by Gasteiger charge is 2.24. The summed E-state index contributed by atoms with van der Waals surface area (Å²) in [4.78, 5) is 23.2. The second kappa shape index (κ2) is 7.07. The third-order valence-electron chi connectivity index (χ3n) is 2.15. The maximum atomic E-state index is 12.5. The molecule has 1 heterocycles. The van der Waals surface area contributed by atoms with Gasteiger partial charge in [0.15, 0.2) is 0 Å². The van der Waals surface area contributed by atoms with Crippen molar-refractivity contribution in [2.75, 3.05) is 12.4 Å². The van der Waals surface area contributed by atoms with Crippen LogP contribution in [0.15, 0.2) is 12.3 Å². The summed E-state index contributed by atoms with van der Waals surface area (Å²) < 4.78 is 30.0. The van der Waals surface area contributed by atoms with Crippen LogP contribution in [0.2, 0.25) is 0 Å². The third-order valence-corrected chi connectivity index (χ3v) is 2.51. The van der Waals surface area contributed by atoms with Gasteiger partial charge in [-0.15, -0.1) is 0 Å². The van der Waals surface area contributed by atoms with E-state index in [1.807, 2.05) is 0 Å². The van der Waals surface area contributed by atoms with Crippen molar-refractivity contribution in [1.29, 1.82) is 0 Å². The monoisotopic (exact) mass is 293 g/mol. The van der Waals surface area contributed by atoms with Crippen LogP contribution in [0.3, 0.4) is 0 Å². The van der Waals surface area contributed by atoms with Crippen LogP contribution >= 0.6 is 12.6 Å². The Morgan fingerprint density at radius 1 is 1.58 bits per heavy atom. The first kappa shape index (κ1) is 15.4. The van der Waals surface area contributed by atoms with Gasteiger partial charge in [-0.3, -0.25) is 4.79 Å². The highest BCUT2D eigenvalue weighted by atomic mass is 32.1. The van der Waals surface area contributed by atoms with E-state index >= 15 is 0 Å². The van der Waals surface area contributed by atoms with Crippen molar-refractivity contribution in [3.63, 3.8) is 0 Å². The third kappa shape index (κ3) is 3.91. The van der Waals surface area contributed by atoms with Crippen LogP contribution in [0.4, 0.5) is 8.78 Å². The quantitative estimate of drug-likeness (QED) is 0.603. The molecule has 1 rings (SSSR count). The molecule has 0 saturated heterocycles. The maximum absolute atomic E-state index is 12.5. The first-order valence-electron chi connectivity index (χ1n) is 5.41. The topological polar surface area (TPSA) is 73.2 Å². The molecule has 0 unspecified atom stereocenters. The van der Waals surface area contributed by atoms with Crippen molar-refractivity contribution < 1.29 is 23.1 Å². The van der Waals surface area contributed by atoms with Crippen LogP contribution in [-0.4, -0.2) is 40.1 Å². The van der Waals surface area contributed by atoms with Gasteiger partial charge in [0.2, 0.25) is 0 Å². The highest BCUT2D eigenvalue weighted by Crippen LogP contribution is 2.12. The molecule has 9 heteroatoms. The number of alkyl halides is 2. The molecule has 1 amide bonds. The van der Waals surface area contributed by atoms with Gasteiger partial charge < -0.3 is 10.1 Å². The molecule has 19 heavy (non-hydrogen) atoms. The minimum atomic E-state index is -2.94. The van der Waals surface area contributed by atoms with E-state index in [0.29, 0.717) is 0 Å². The van der Waals surface area contributed by atoms with Crippen molar-refractivity contribution in [3.8, 4) is 0 Å². The minimum Gasteiger partial charge on any atom is -0.464 e. The Kier molecular flexibility index (Phi) is 5.74. The van der Waals surface area contributed by atoms with E-state index in [0.717, 1.165) is 12.3 Å². The van der Waals surface area contributed by atoms with E-state index in [4.69, 9.17) is 4.74 Å². The molecule has 0 aromatic carbocycles. The number of amides is 1. The van der Waals surface area contributed by atoms with Crippen molar-refractivity contribution in [2.45, 2.75) is 19.5 Å². The Balaban J connectivity index is 2.77. The molecule has 6 nitrogen and oxygen atoms in total. The van der Waals surface area contributed by atoms with Gasteiger partial charge in [-0.05, 0) is 13.0 Å². The van der Waals surface area contributed by atoms with Crippen LogP contribution in [0, 0.1) is 0 Å². The number of hydrogen-bond donors (Lipinski definition) is 2. The molecule has 1 atom stereocenters. The van der Waals surface area contributed by atoms with Gasteiger partial charge >= 0.3 is 12.5 Å². The lowest BCUT2D eigenvalue weighted by Gasteiger charge is -2.15. The Hall–Kier alpha value is -1.64. The molecule has 1 aromatic heterocycles. The van der Waals surface area contributed by atoms with Gasteiger partial charge in [0.25, 0.3) is 5.91 Å². The zero-order chi connectivity index (χ0) is 14.4. The summed E-state index contributed by atoms with van der Waals surface area (Å²) in [6.07, 6.45) is 1.07. The standard InChI is InChI=1S/C10H13F2N3O3S/c1-2-18-9(17)6(5-19)14-8(16)7-3-4-13-15(7)10(11)12/h3-4,6,10,19H,2,5H2,1H3,(H,14,16)/t6-/m0/s1. The van der Waals surface area contributed by atoms with Crippen molar-refractivity contribution in [3.05, 3.63) is 18.0 Å². The van der Waals surface area contributed by atoms with Gasteiger partial charge in [-0.25, -0.2) is 4.79 Å². The molecule has 0 bridgehead atoms. The predicted molar refractivity (Wildman–Crippen MR) is 65.2 cm³/mol. The largest absolute Gasteiger partial charge is 0.464 e. The fraction of sp³-hybridized carbons (Fsp3) is 0.500. The van der Waals surface area contributed by atoms with Crippen molar-refractivity contribution in [2.24, 2.45) is 0 Å². The van der Waals surface area contributed by atoms with E-state index in [9.17, 15) is 18.4 Å². The van der Waals surface area contributed by atoms with Crippen LogP contribution in [0.1, 0.15) is 24.0 Å². The first-order valence-corrected chi connectivity index (χ1v) is 6.04. The summed E-state index contributed by atoms with van der Waals surface area (Å²) >= 11 is 3.90. The molecule has 106 valence electrons. The van der Waals surface area contributed by atoms with Crippen LogP contribution in [0.5, 0.6) is 0 Å². The number of aromatic nitrogens is 2. The van der Waals surface area contributed by atoms with Crippen LogP contribution in [-0.2, 0) is 9.53 Å².